The second-order valence-corrected chi connectivity index (χ2v) is 4.70. The maximum Gasteiger partial charge on any atom is 0.521 e. The van der Waals surface area contributed by atoms with Gasteiger partial charge in [0.15, 0.2) is 0 Å². The second kappa shape index (κ2) is 9.78. The normalized spacial score (nSPS) is 10.2. The number of esters is 1. The van der Waals surface area contributed by atoms with E-state index in [-0.39, 0.29) is 7.40 Å². The topological polar surface area (TPSA) is 134 Å². The first kappa shape index (κ1) is 18.9. The van der Waals surface area contributed by atoms with Crippen LogP contribution < -0.4 is 10.2 Å². The molecule has 124 valence electrons. The SMILES string of the molecule is COC(=O)c1ccc(Nc2nccc(Cl)n2)cc1.O=[P+]([O-])OO.[HH]. The van der Waals surface area contributed by atoms with Crippen molar-refractivity contribution in [2.75, 3.05) is 12.4 Å². The van der Waals surface area contributed by atoms with Crippen LogP contribution in [0.15, 0.2) is 36.5 Å². The molecule has 0 fully saturated rings. The second-order valence-electron chi connectivity index (χ2n) is 3.70. The molecule has 0 aliphatic carbocycles. The Bertz CT molecular complexity index is 676. The lowest BCUT2D eigenvalue weighted by Gasteiger charge is -2.05. The van der Waals surface area contributed by atoms with Gasteiger partial charge < -0.3 is 14.9 Å². The lowest BCUT2D eigenvalue weighted by Crippen LogP contribution is -2.01. The third kappa shape index (κ3) is 7.09. The Labute approximate surface area is 138 Å². The van der Waals surface area contributed by atoms with Crippen LogP contribution in [0.4, 0.5) is 11.6 Å². The van der Waals surface area contributed by atoms with Crippen LogP contribution in [0.5, 0.6) is 0 Å². The molecule has 1 heterocycles. The average molecular weight is 362 g/mol. The van der Waals surface area contributed by atoms with E-state index in [1.54, 1.807) is 36.5 Å². The molecule has 1 aromatic carbocycles. The van der Waals surface area contributed by atoms with Crippen LogP contribution in [0.2, 0.25) is 5.15 Å². The van der Waals surface area contributed by atoms with Crippen LogP contribution in [0.25, 0.3) is 0 Å². The summed E-state index contributed by atoms with van der Waals surface area (Å²) < 4.78 is 16.2. The minimum Gasteiger partial charge on any atom is -0.565 e. The first-order valence-corrected chi connectivity index (χ1v) is 7.33. The molecule has 0 saturated carbocycles. The molecule has 2 rings (SSSR count). The first-order valence-electron chi connectivity index (χ1n) is 5.86. The molecular weight excluding hydrogens is 349 g/mol. The maximum absolute atomic E-state index is 11.2. The number of anilines is 2. The summed E-state index contributed by atoms with van der Waals surface area (Å²) in [5.41, 5.74) is 1.24. The van der Waals surface area contributed by atoms with E-state index in [1.165, 1.54) is 7.11 Å². The number of hydrogen-bond acceptors (Lipinski definition) is 9. The Morgan fingerprint density at radius 3 is 2.48 bits per heavy atom. The summed E-state index contributed by atoms with van der Waals surface area (Å²) in [6.07, 6.45) is 1.56. The molecular formula is C12H13ClN3O6P. The fourth-order valence-electron chi connectivity index (χ4n) is 1.33. The summed E-state index contributed by atoms with van der Waals surface area (Å²) in [5.74, 6) is 0.0221. The highest BCUT2D eigenvalue weighted by Gasteiger charge is 2.05. The van der Waals surface area contributed by atoms with E-state index in [9.17, 15) is 4.79 Å². The van der Waals surface area contributed by atoms with Gasteiger partial charge in [0, 0.05) is 18.0 Å². The van der Waals surface area contributed by atoms with Crippen molar-refractivity contribution in [3.63, 3.8) is 0 Å². The van der Waals surface area contributed by atoms with Crippen LogP contribution >= 0.6 is 19.9 Å². The number of carbonyl (C=O) groups excluding carboxylic acids is 1. The zero-order chi connectivity index (χ0) is 17.2. The number of rotatable bonds is 4. The molecule has 0 spiro atoms. The predicted molar refractivity (Wildman–Crippen MR) is 81.5 cm³/mol. The van der Waals surface area contributed by atoms with E-state index < -0.39 is 8.25 Å². The fraction of sp³-hybridized carbons (Fsp3) is 0.0833. The Morgan fingerprint density at radius 1 is 1.39 bits per heavy atom. The third-order valence-electron chi connectivity index (χ3n) is 2.25. The van der Waals surface area contributed by atoms with Crippen molar-refractivity contribution >= 4 is 37.5 Å². The number of benzene rings is 1. The van der Waals surface area contributed by atoms with Crippen LogP contribution in [-0.4, -0.2) is 28.3 Å². The van der Waals surface area contributed by atoms with Crippen molar-refractivity contribution in [3.05, 3.63) is 47.2 Å². The standard InChI is InChI=1S/C12H10ClN3O2.HO4P.H2/c1-18-11(17)8-2-4-9(5-3-8)15-12-14-7-6-10(13)16-12;1-4-5(2)3;/h2-7H,1H3,(H,14,15,16);1H;1H. The average Bonchev–Trinajstić information content (AvgIpc) is 2.55. The molecule has 0 bridgehead atoms. The maximum atomic E-state index is 11.2. The van der Waals surface area contributed by atoms with Gasteiger partial charge in [-0.3, -0.25) is 0 Å². The number of hydrogen-bond donors (Lipinski definition) is 2. The molecule has 23 heavy (non-hydrogen) atoms. The number of ether oxygens (including phenoxy) is 1. The lowest BCUT2D eigenvalue weighted by atomic mass is 10.2. The highest BCUT2D eigenvalue weighted by atomic mass is 35.5. The number of methoxy groups -OCH3 is 1. The highest BCUT2D eigenvalue weighted by Crippen LogP contribution is 2.15. The van der Waals surface area contributed by atoms with Gasteiger partial charge in [-0.2, -0.15) is 0 Å². The monoisotopic (exact) mass is 361 g/mol. The van der Waals surface area contributed by atoms with Crippen molar-refractivity contribution in [1.29, 1.82) is 0 Å². The molecule has 0 amide bonds. The zero-order valence-electron chi connectivity index (χ0n) is 11.7. The van der Waals surface area contributed by atoms with E-state index in [1.807, 2.05) is 0 Å². The summed E-state index contributed by atoms with van der Waals surface area (Å²) in [7, 11) is -1.70. The smallest absolute Gasteiger partial charge is 0.521 e. The van der Waals surface area contributed by atoms with Crippen molar-refractivity contribution in [3.8, 4) is 0 Å². The molecule has 1 unspecified atom stereocenters. The van der Waals surface area contributed by atoms with Gasteiger partial charge in [-0.25, -0.2) is 20.0 Å². The van der Waals surface area contributed by atoms with E-state index >= 15 is 0 Å². The van der Waals surface area contributed by atoms with Crippen LogP contribution in [0.1, 0.15) is 11.8 Å². The van der Waals surface area contributed by atoms with Crippen LogP contribution in [-0.2, 0) is 14.0 Å². The molecule has 0 saturated heterocycles. The predicted octanol–water partition coefficient (Wildman–Crippen LogP) is 2.40. The Balaban J connectivity index is 0.000000777. The summed E-state index contributed by atoms with van der Waals surface area (Å²) in [4.78, 5) is 28.2. The minimum atomic E-state index is -3.04. The number of aromatic nitrogens is 2. The number of nitrogens with one attached hydrogen (secondary N) is 1. The number of nitrogens with zero attached hydrogens (tertiary/aromatic N) is 2. The largest absolute Gasteiger partial charge is 0.565 e. The van der Waals surface area contributed by atoms with Crippen molar-refractivity contribution in [2.24, 2.45) is 0 Å². The van der Waals surface area contributed by atoms with Crippen molar-refractivity contribution in [1.82, 2.24) is 9.97 Å². The summed E-state index contributed by atoms with van der Waals surface area (Å²) in [6, 6.07) is 8.36. The van der Waals surface area contributed by atoms with Gasteiger partial charge in [0.2, 0.25) is 5.95 Å². The van der Waals surface area contributed by atoms with Gasteiger partial charge in [0.05, 0.1) is 12.7 Å². The van der Waals surface area contributed by atoms with E-state index in [0.717, 1.165) is 5.69 Å². The summed E-state index contributed by atoms with van der Waals surface area (Å²) in [5, 5.41) is 10.4. The van der Waals surface area contributed by atoms with Gasteiger partial charge in [-0.15, -0.1) is 0 Å². The quantitative estimate of drug-likeness (QED) is 0.276. The summed E-state index contributed by atoms with van der Waals surface area (Å²) >= 11 is 5.74. The Hall–Kier alpha value is -2.16. The fourth-order valence-corrected chi connectivity index (χ4v) is 1.47. The van der Waals surface area contributed by atoms with Crippen molar-refractivity contribution in [2.45, 2.75) is 0 Å². The molecule has 9 nitrogen and oxygen atoms in total. The van der Waals surface area contributed by atoms with Crippen LogP contribution in [0, 0.1) is 0 Å². The minimum absolute atomic E-state index is 0. The molecule has 2 N–H and O–H groups in total. The van der Waals surface area contributed by atoms with E-state index in [0.29, 0.717) is 16.7 Å². The third-order valence-corrected chi connectivity index (χ3v) is 2.59. The number of carbonyl (C=O) groups is 1. The molecule has 1 aromatic heterocycles. The molecule has 0 radical (unpaired) electrons. The molecule has 0 aliphatic rings. The van der Waals surface area contributed by atoms with Gasteiger partial charge in [0.1, 0.15) is 5.15 Å². The van der Waals surface area contributed by atoms with Gasteiger partial charge >= 0.3 is 14.2 Å². The van der Waals surface area contributed by atoms with Gasteiger partial charge in [0.25, 0.3) is 0 Å². The van der Waals surface area contributed by atoms with Crippen LogP contribution in [0.3, 0.4) is 0 Å². The Morgan fingerprint density at radius 2 is 2.00 bits per heavy atom. The van der Waals surface area contributed by atoms with Crippen molar-refractivity contribution < 1.29 is 30.3 Å². The van der Waals surface area contributed by atoms with E-state index in [4.69, 9.17) is 26.3 Å². The zero-order valence-corrected chi connectivity index (χ0v) is 13.3. The Kier molecular flexibility index (Phi) is 8.03. The summed E-state index contributed by atoms with van der Waals surface area (Å²) in [6.45, 7) is 0. The number of halogens is 1. The first-order chi connectivity index (χ1) is 11.0. The molecule has 0 aliphatic heterocycles. The molecule has 1 atom stereocenters. The lowest BCUT2D eigenvalue weighted by molar-refractivity contribution is -0.244. The molecule has 2 aromatic rings. The highest BCUT2D eigenvalue weighted by molar-refractivity contribution is 7.30. The molecule has 11 heteroatoms. The van der Waals surface area contributed by atoms with Gasteiger partial charge in [-0.1, -0.05) is 11.6 Å². The van der Waals surface area contributed by atoms with E-state index in [2.05, 4.69) is 24.7 Å². The van der Waals surface area contributed by atoms with Gasteiger partial charge in [-0.05, 0) is 34.9 Å².